The van der Waals surface area contributed by atoms with E-state index in [1.165, 1.54) is 16.7 Å². The number of hydrazine groups is 1. The topological polar surface area (TPSA) is 38.0 Å². The van der Waals surface area contributed by atoms with E-state index in [9.17, 15) is 0 Å². The second-order valence-corrected chi connectivity index (χ2v) is 4.36. The van der Waals surface area contributed by atoms with Gasteiger partial charge in [0.2, 0.25) is 0 Å². The van der Waals surface area contributed by atoms with E-state index in [2.05, 4.69) is 44.1 Å². The van der Waals surface area contributed by atoms with E-state index in [1.54, 1.807) is 0 Å². The highest BCUT2D eigenvalue weighted by molar-refractivity contribution is 5.30. The fourth-order valence-corrected chi connectivity index (χ4v) is 2.02. The summed E-state index contributed by atoms with van der Waals surface area (Å²) < 4.78 is 0. The fourth-order valence-electron chi connectivity index (χ4n) is 2.02. The Bertz CT molecular complexity index is 324. The zero-order valence-corrected chi connectivity index (χ0v) is 10.3. The molecule has 2 heteroatoms. The molecule has 0 amide bonds. The minimum absolute atomic E-state index is 0.249. The molecule has 0 bridgehead atoms. The smallest absolute Gasteiger partial charge is 0.0460 e. The summed E-state index contributed by atoms with van der Waals surface area (Å²) in [4.78, 5) is 0. The van der Waals surface area contributed by atoms with Gasteiger partial charge in [-0.05, 0) is 38.7 Å². The second-order valence-electron chi connectivity index (χ2n) is 4.36. The van der Waals surface area contributed by atoms with Gasteiger partial charge in [-0.3, -0.25) is 11.3 Å². The lowest BCUT2D eigenvalue weighted by Crippen LogP contribution is -2.28. The normalized spacial score (nSPS) is 12.4. The number of allylic oxidation sites excluding steroid dienone is 1. The first-order valence-electron chi connectivity index (χ1n) is 5.82. The molecule has 3 N–H and O–H groups in total. The van der Waals surface area contributed by atoms with E-state index in [0.717, 1.165) is 19.3 Å². The molecular weight excluding hydrogens is 196 g/mol. The summed E-state index contributed by atoms with van der Waals surface area (Å²) in [6.07, 6.45) is 5.16. The lowest BCUT2D eigenvalue weighted by molar-refractivity contribution is 0.500. The van der Waals surface area contributed by atoms with Crippen LogP contribution in [0, 0.1) is 13.8 Å². The average molecular weight is 218 g/mol. The maximum absolute atomic E-state index is 5.61. The Balaban J connectivity index is 2.73. The predicted molar refractivity (Wildman–Crippen MR) is 70.0 cm³/mol. The van der Waals surface area contributed by atoms with Gasteiger partial charge in [-0.25, -0.2) is 0 Å². The van der Waals surface area contributed by atoms with Crippen molar-refractivity contribution < 1.29 is 0 Å². The van der Waals surface area contributed by atoms with Crippen LogP contribution in [0.3, 0.4) is 0 Å². The molecule has 2 nitrogen and oxygen atoms in total. The van der Waals surface area contributed by atoms with Gasteiger partial charge in [0.15, 0.2) is 0 Å². The maximum Gasteiger partial charge on any atom is 0.0460 e. The first-order chi connectivity index (χ1) is 7.67. The van der Waals surface area contributed by atoms with Gasteiger partial charge >= 0.3 is 0 Å². The zero-order chi connectivity index (χ0) is 12.0. The molecule has 0 aromatic heterocycles. The van der Waals surface area contributed by atoms with Crippen LogP contribution in [-0.4, -0.2) is 0 Å². The Labute approximate surface area is 98.5 Å². The molecule has 1 aromatic carbocycles. The summed E-state index contributed by atoms with van der Waals surface area (Å²) >= 11 is 0. The molecule has 1 rings (SSSR count). The number of hydrogen-bond acceptors (Lipinski definition) is 2. The first-order valence-corrected chi connectivity index (χ1v) is 5.82. The van der Waals surface area contributed by atoms with Crippen molar-refractivity contribution in [3.05, 3.63) is 47.5 Å². The minimum atomic E-state index is 0.249. The molecule has 0 heterocycles. The van der Waals surface area contributed by atoms with Crippen molar-refractivity contribution in [3.63, 3.8) is 0 Å². The van der Waals surface area contributed by atoms with E-state index in [-0.39, 0.29) is 6.04 Å². The van der Waals surface area contributed by atoms with Gasteiger partial charge < -0.3 is 0 Å². The highest BCUT2D eigenvalue weighted by atomic mass is 15.2. The number of unbranched alkanes of at least 4 members (excludes halogenated alkanes) is 1. The molecule has 1 aromatic rings. The Morgan fingerprint density at radius 1 is 1.31 bits per heavy atom. The SMILES string of the molecule is C=CCCCC(NN)c1cc(C)cc(C)c1. The highest BCUT2D eigenvalue weighted by Gasteiger charge is 2.09. The molecule has 1 atom stereocenters. The Kier molecular flexibility index (Phi) is 5.23. The van der Waals surface area contributed by atoms with Crippen molar-refractivity contribution in [2.24, 2.45) is 5.84 Å². The largest absolute Gasteiger partial charge is 0.271 e. The summed E-state index contributed by atoms with van der Waals surface area (Å²) in [6.45, 7) is 7.97. The molecule has 0 aliphatic heterocycles. The minimum Gasteiger partial charge on any atom is -0.271 e. The fraction of sp³-hybridized carbons (Fsp3) is 0.429. The molecule has 0 saturated carbocycles. The van der Waals surface area contributed by atoms with Crippen molar-refractivity contribution in [2.45, 2.75) is 39.2 Å². The van der Waals surface area contributed by atoms with Crippen molar-refractivity contribution in [3.8, 4) is 0 Å². The average Bonchev–Trinajstić information content (AvgIpc) is 2.23. The van der Waals surface area contributed by atoms with Crippen LogP contribution >= 0.6 is 0 Å². The van der Waals surface area contributed by atoms with Crippen LogP contribution in [0.15, 0.2) is 30.9 Å². The van der Waals surface area contributed by atoms with Crippen LogP contribution < -0.4 is 11.3 Å². The van der Waals surface area contributed by atoms with Gasteiger partial charge in [0.1, 0.15) is 0 Å². The summed E-state index contributed by atoms with van der Waals surface area (Å²) in [6, 6.07) is 6.83. The third-order valence-corrected chi connectivity index (χ3v) is 2.75. The van der Waals surface area contributed by atoms with Gasteiger partial charge in [0.05, 0.1) is 0 Å². The van der Waals surface area contributed by atoms with Crippen molar-refractivity contribution >= 4 is 0 Å². The summed E-state index contributed by atoms with van der Waals surface area (Å²) in [5, 5.41) is 0. The standard InChI is InChI=1S/C14H22N2/c1-4-5-6-7-14(16-15)13-9-11(2)8-12(3)10-13/h4,8-10,14,16H,1,5-7,15H2,2-3H3. The van der Waals surface area contributed by atoms with Crippen molar-refractivity contribution in [1.29, 1.82) is 0 Å². The van der Waals surface area contributed by atoms with Crippen molar-refractivity contribution in [2.75, 3.05) is 0 Å². The number of nitrogens with one attached hydrogen (secondary N) is 1. The molecule has 0 saturated heterocycles. The van der Waals surface area contributed by atoms with Crippen LogP contribution in [0.5, 0.6) is 0 Å². The van der Waals surface area contributed by atoms with Crippen LogP contribution in [0.4, 0.5) is 0 Å². The molecule has 1 unspecified atom stereocenters. The van der Waals surface area contributed by atoms with E-state index < -0.39 is 0 Å². The van der Waals surface area contributed by atoms with Crippen LogP contribution in [0.1, 0.15) is 42.0 Å². The van der Waals surface area contributed by atoms with Gasteiger partial charge in [-0.15, -0.1) is 6.58 Å². The molecule has 0 fully saturated rings. The predicted octanol–water partition coefficient (Wildman–Crippen LogP) is 3.16. The van der Waals surface area contributed by atoms with Crippen LogP contribution in [-0.2, 0) is 0 Å². The molecule has 16 heavy (non-hydrogen) atoms. The lowest BCUT2D eigenvalue weighted by atomic mass is 9.98. The Morgan fingerprint density at radius 3 is 2.44 bits per heavy atom. The molecule has 0 radical (unpaired) electrons. The monoisotopic (exact) mass is 218 g/mol. The van der Waals surface area contributed by atoms with Gasteiger partial charge in [-0.1, -0.05) is 35.4 Å². The number of benzene rings is 1. The van der Waals surface area contributed by atoms with Crippen molar-refractivity contribution in [1.82, 2.24) is 5.43 Å². The van der Waals surface area contributed by atoms with Crippen LogP contribution in [0.25, 0.3) is 0 Å². The zero-order valence-electron chi connectivity index (χ0n) is 10.3. The number of aryl methyl sites for hydroxylation is 2. The van der Waals surface area contributed by atoms with E-state index >= 15 is 0 Å². The maximum atomic E-state index is 5.61. The number of nitrogens with two attached hydrogens (primary N) is 1. The van der Waals surface area contributed by atoms with Gasteiger partial charge in [-0.2, -0.15) is 0 Å². The molecule has 0 aliphatic rings. The molecule has 0 aliphatic carbocycles. The summed E-state index contributed by atoms with van der Waals surface area (Å²) in [5.74, 6) is 5.61. The molecular formula is C14H22N2. The molecule has 0 spiro atoms. The summed E-state index contributed by atoms with van der Waals surface area (Å²) in [7, 11) is 0. The Hall–Kier alpha value is -1.12. The number of rotatable bonds is 6. The van der Waals surface area contributed by atoms with E-state index in [0.29, 0.717) is 0 Å². The number of hydrogen-bond donors (Lipinski definition) is 2. The van der Waals surface area contributed by atoms with E-state index in [1.807, 2.05) is 6.08 Å². The third kappa shape index (κ3) is 3.80. The Morgan fingerprint density at radius 2 is 1.94 bits per heavy atom. The second kappa shape index (κ2) is 6.46. The third-order valence-electron chi connectivity index (χ3n) is 2.75. The summed E-state index contributed by atoms with van der Waals surface area (Å²) in [5.41, 5.74) is 6.76. The van der Waals surface area contributed by atoms with Gasteiger partial charge in [0, 0.05) is 6.04 Å². The lowest BCUT2D eigenvalue weighted by Gasteiger charge is -2.17. The molecule has 88 valence electrons. The van der Waals surface area contributed by atoms with Crippen LogP contribution in [0.2, 0.25) is 0 Å². The van der Waals surface area contributed by atoms with E-state index in [4.69, 9.17) is 5.84 Å². The quantitative estimate of drug-likeness (QED) is 0.333. The first kappa shape index (κ1) is 12.9. The van der Waals surface area contributed by atoms with Gasteiger partial charge in [0.25, 0.3) is 0 Å². The highest BCUT2D eigenvalue weighted by Crippen LogP contribution is 2.21.